The first-order valence-corrected chi connectivity index (χ1v) is 12.0. The summed E-state index contributed by atoms with van der Waals surface area (Å²) in [6.07, 6.45) is 7.98. The monoisotopic (exact) mass is 514 g/mol. The summed E-state index contributed by atoms with van der Waals surface area (Å²) >= 11 is 0. The molecule has 196 valence electrons. The van der Waals surface area contributed by atoms with Gasteiger partial charge in [-0.25, -0.2) is 13.8 Å². The first-order valence-electron chi connectivity index (χ1n) is 12.0. The third-order valence-electron chi connectivity index (χ3n) is 6.47. The molecule has 3 aromatic heterocycles. The highest BCUT2D eigenvalue weighted by atomic mass is 19.1. The van der Waals surface area contributed by atoms with Crippen LogP contribution < -0.4 is 9.47 Å². The van der Waals surface area contributed by atoms with Gasteiger partial charge in [0.1, 0.15) is 11.8 Å². The number of H-pyrrole nitrogens is 1. The lowest BCUT2D eigenvalue weighted by molar-refractivity contribution is -0.163. The molecule has 4 heterocycles. The molecular formula is C26H28F2N4O5. The highest BCUT2D eigenvalue weighted by molar-refractivity contribution is 5.85. The average molecular weight is 515 g/mol. The maximum Gasteiger partial charge on any atom is 0.174 e. The van der Waals surface area contributed by atoms with Crippen LogP contribution in [0.15, 0.2) is 36.9 Å². The van der Waals surface area contributed by atoms with Gasteiger partial charge in [0.05, 0.1) is 39.1 Å². The molecule has 1 saturated heterocycles. The maximum absolute atomic E-state index is 15.0. The minimum Gasteiger partial charge on any atom is -0.494 e. The zero-order chi connectivity index (χ0) is 25.9. The van der Waals surface area contributed by atoms with Gasteiger partial charge in [0.15, 0.2) is 29.4 Å². The highest BCUT2D eigenvalue weighted by Crippen LogP contribution is 2.39. The molecular weight excluding hydrogens is 486 g/mol. The van der Waals surface area contributed by atoms with E-state index in [-0.39, 0.29) is 23.4 Å². The topological polar surface area (TPSA) is 104 Å². The molecule has 5 rings (SSSR count). The Kier molecular flexibility index (Phi) is 7.36. The Morgan fingerprint density at radius 2 is 1.92 bits per heavy atom. The largest absolute Gasteiger partial charge is 0.494 e. The summed E-state index contributed by atoms with van der Waals surface area (Å²) in [5.74, 6) is -2.49. The van der Waals surface area contributed by atoms with E-state index >= 15 is 8.78 Å². The van der Waals surface area contributed by atoms with Crippen molar-refractivity contribution in [2.45, 2.75) is 38.2 Å². The van der Waals surface area contributed by atoms with E-state index in [1.807, 2.05) is 6.20 Å². The Labute approximate surface area is 211 Å². The number of pyridine rings is 1. The lowest BCUT2D eigenvalue weighted by Gasteiger charge is -2.22. The van der Waals surface area contributed by atoms with Gasteiger partial charge in [0.2, 0.25) is 0 Å². The number of hydrogen-bond donors (Lipinski definition) is 2. The fraction of sp³-hybridized carbons (Fsp3) is 0.385. The first kappa shape index (κ1) is 25.1. The molecule has 0 radical (unpaired) electrons. The molecule has 2 atom stereocenters. The molecule has 9 nitrogen and oxygen atoms in total. The van der Waals surface area contributed by atoms with Crippen molar-refractivity contribution in [2.75, 3.05) is 27.4 Å². The molecule has 1 aromatic carbocycles. The van der Waals surface area contributed by atoms with E-state index in [2.05, 4.69) is 15.1 Å². The van der Waals surface area contributed by atoms with Gasteiger partial charge in [-0.1, -0.05) is 0 Å². The molecule has 1 fully saturated rings. The van der Waals surface area contributed by atoms with Gasteiger partial charge in [-0.2, -0.15) is 5.10 Å². The predicted molar refractivity (Wildman–Crippen MR) is 130 cm³/mol. The van der Waals surface area contributed by atoms with Crippen LogP contribution in [0, 0.1) is 11.6 Å². The van der Waals surface area contributed by atoms with Crippen molar-refractivity contribution in [3.8, 4) is 22.6 Å². The zero-order valence-corrected chi connectivity index (χ0v) is 20.5. The lowest BCUT2D eigenvalue weighted by Crippen LogP contribution is -2.24. The number of nitrogens with one attached hydrogen (secondary N) is 1. The molecule has 4 aromatic rings. The van der Waals surface area contributed by atoms with Crippen LogP contribution in [0.4, 0.5) is 8.78 Å². The average Bonchev–Trinajstić information content (AvgIpc) is 3.56. The molecule has 0 aliphatic carbocycles. The second-order valence-electron chi connectivity index (χ2n) is 8.75. The van der Waals surface area contributed by atoms with Crippen molar-refractivity contribution in [1.82, 2.24) is 19.7 Å². The molecule has 11 heteroatoms. The second-order valence-corrected chi connectivity index (χ2v) is 8.75. The van der Waals surface area contributed by atoms with E-state index in [1.54, 1.807) is 23.1 Å². The number of hydrogen-bond acceptors (Lipinski definition) is 7. The Morgan fingerprint density at radius 1 is 1.14 bits per heavy atom. The van der Waals surface area contributed by atoms with Crippen LogP contribution in [0.1, 0.15) is 36.5 Å². The number of rotatable bonds is 9. The minimum absolute atomic E-state index is 0.159. The number of ether oxygens (including phenoxy) is 4. The Bertz CT molecular complexity index is 1350. The van der Waals surface area contributed by atoms with E-state index in [1.165, 1.54) is 20.4 Å². The number of aromatic nitrogens is 4. The molecule has 37 heavy (non-hydrogen) atoms. The van der Waals surface area contributed by atoms with Crippen molar-refractivity contribution in [3.63, 3.8) is 0 Å². The van der Waals surface area contributed by atoms with Gasteiger partial charge in [-0.3, -0.25) is 4.68 Å². The van der Waals surface area contributed by atoms with Gasteiger partial charge in [-0.05, 0) is 25.3 Å². The van der Waals surface area contributed by atoms with Crippen LogP contribution in [-0.4, -0.2) is 58.6 Å². The molecule has 0 bridgehead atoms. The molecule has 1 aliphatic heterocycles. The smallest absolute Gasteiger partial charge is 0.174 e. The molecule has 1 aliphatic rings. The fourth-order valence-corrected chi connectivity index (χ4v) is 4.46. The summed E-state index contributed by atoms with van der Waals surface area (Å²) in [6.45, 7) is 1.75. The first-order chi connectivity index (χ1) is 18.0. The van der Waals surface area contributed by atoms with E-state index in [9.17, 15) is 5.11 Å². The van der Waals surface area contributed by atoms with Gasteiger partial charge in [0.25, 0.3) is 0 Å². The fourth-order valence-electron chi connectivity index (χ4n) is 4.46. The predicted octanol–water partition coefficient (Wildman–Crippen LogP) is 4.35. The van der Waals surface area contributed by atoms with Crippen molar-refractivity contribution in [3.05, 3.63) is 59.7 Å². The van der Waals surface area contributed by atoms with Crippen LogP contribution in [0.25, 0.3) is 22.2 Å². The summed E-state index contributed by atoms with van der Waals surface area (Å²) in [7, 11) is 2.51. The minimum atomic E-state index is -1.64. The van der Waals surface area contributed by atoms with Crippen molar-refractivity contribution in [1.29, 1.82) is 0 Å². The third-order valence-corrected chi connectivity index (χ3v) is 6.47. The molecule has 2 unspecified atom stereocenters. The maximum atomic E-state index is 15.0. The Balaban J connectivity index is 1.39. The van der Waals surface area contributed by atoms with Crippen LogP contribution in [0.3, 0.4) is 0 Å². The van der Waals surface area contributed by atoms with E-state index in [0.29, 0.717) is 24.2 Å². The quantitative estimate of drug-likeness (QED) is 0.342. The summed E-state index contributed by atoms with van der Waals surface area (Å²) in [5, 5.41) is 16.0. The molecule has 0 saturated carbocycles. The number of aliphatic hydroxyl groups excluding tert-OH is 1. The number of aliphatic hydroxyl groups is 1. The van der Waals surface area contributed by atoms with E-state index < -0.39 is 23.3 Å². The summed E-state index contributed by atoms with van der Waals surface area (Å²) in [4.78, 5) is 7.37. The van der Waals surface area contributed by atoms with Crippen LogP contribution >= 0.6 is 0 Å². The van der Waals surface area contributed by atoms with Gasteiger partial charge in [-0.15, -0.1) is 0 Å². The Hall–Kier alpha value is -3.54. The number of aromatic amines is 1. The number of benzene rings is 1. The van der Waals surface area contributed by atoms with Crippen molar-refractivity contribution in [2.24, 2.45) is 0 Å². The second kappa shape index (κ2) is 10.8. The van der Waals surface area contributed by atoms with Gasteiger partial charge < -0.3 is 29.0 Å². The van der Waals surface area contributed by atoms with Gasteiger partial charge >= 0.3 is 0 Å². The normalized spacial score (nSPS) is 16.7. The number of nitrogens with zero attached hydrogens (tertiary/aromatic N) is 3. The van der Waals surface area contributed by atoms with Crippen LogP contribution in [0.5, 0.6) is 11.5 Å². The van der Waals surface area contributed by atoms with Gasteiger partial charge in [0, 0.05) is 53.3 Å². The number of halogens is 2. The third kappa shape index (κ3) is 5.02. The standard InChI is InChI=1S/C26H28F2N4O5/c1-34-19-10-20(35-2)24(28)22(23(19)27)25(33)18-13-30-26-17(18)9-15(11-29-26)16-12-31-32(14-16)6-8-37-21-5-3-4-7-36-21/h9-14,21,25,33H,3-8H2,1-2H3,(H,29,30). The zero-order valence-electron chi connectivity index (χ0n) is 20.5. The SMILES string of the molecule is COc1cc(OC)c(F)c(C(O)c2c[nH]c3ncc(-c4cnn(CCOC5CCCCO5)c4)cc23)c1F. The number of methoxy groups -OCH3 is 2. The van der Waals surface area contributed by atoms with E-state index in [4.69, 9.17) is 18.9 Å². The van der Waals surface area contributed by atoms with E-state index in [0.717, 1.165) is 43.1 Å². The van der Waals surface area contributed by atoms with Crippen LogP contribution in [-0.2, 0) is 16.0 Å². The van der Waals surface area contributed by atoms with Crippen molar-refractivity contribution < 1.29 is 32.8 Å². The number of fused-ring (bicyclic) bond motifs is 1. The summed E-state index contributed by atoms with van der Waals surface area (Å²) in [6, 6.07) is 2.89. The summed E-state index contributed by atoms with van der Waals surface area (Å²) in [5.41, 5.74) is 1.67. The Morgan fingerprint density at radius 3 is 2.62 bits per heavy atom. The molecule has 2 N–H and O–H groups in total. The lowest BCUT2D eigenvalue weighted by atomic mass is 9.98. The van der Waals surface area contributed by atoms with Crippen LogP contribution in [0.2, 0.25) is 0 Å². The molecule has 0 amide bonds. The molecule has 0 spiro atoms. The summed E-state index contributed by atoms with van der Waals surface area (Å²) < 4.78 is 53.2. The van der Waals surface area contributed by atoms with Crippen molar-refractivity contribution >= 4 is 11.0 Å². The highest BCUT2D eigenvalue weighted by Gasteiger charge is 2.28.